The zero-order valence-electron chi connectivity index (χ0n) is 40.2. The summed E-state index contributed by atoms with van der Waals surface area (Å²) in [4.78, 5) is 21.9. The Morgan fingerprint density at radius 1 is 0.800 bits per heavy atom. The van der Waals surface area contributed by atoms with Gasteiger partial charge in [0, 0.05) is 56.8 Å². The summed E-state index contributed by atoms with van der Waals surface area (Å²) in [7, 11) is 6.54. The lowest BCUT2D eigenvalue weighted by atomic mass is 9.69. The topological polar surface area (TPSA) is 178 Å². The molecule has 1 aromatic carbocycles. The molecule has 3 fully saturated rings. The van der Waals surface area contributed by atoms with Gasteiger partial charge in [-0.3, -0.25) is 4.79 Å². The number of carbonyl (C=O) groups excluding carboxylic acids is 1. The quantitative estimate of drug-likeness (QED) is 0.0907. The minimum absolute atomic E-state index is 0.00739. The number of hydrogen-bond acceptors (Lipinski definition) is 14. The highest BCUT2D eigenvalue weighted by atomic mass is 19.2. The van der Waals surface area contributed by atoms with Crippen molar-refractivity contribution in [2.75, 3.05) is 28.3 Å². The number of likely N-dealkylation sites (N-methyl/N-ethyl adjacent to an activating group) is 1. The first-order valence-corrected chi connectivity index (χ1v) is 22.5. The number of aliphatic hydroxyl groups is 4. The number of halogens is 5. The first-order chi connectivity index (χ1) is 30.1. The average molecular weight is 941 g/mol. The lowest BCUT2D eigenvalue weighted by Gasteiger charge is -2.50. The number of rotatable bonds is 11. The Morgan fingerprint density at radius 3 is 1.91 bits per heavy atom. The van der Waals surface area contributed by atoms with E-state index in [2.05, 4.69) is 5.16 Å². The third-order valence-electron chi connectivity index (χ3n) is 14.6. The normalized spacial score (nSPS) is 42.3. The zero-order valence-corrected chi connectivity index (χ0v) is 40.2. The van der Waals surface area contributed by atoms with Crippen LogP contribution in [0.25, 0.3) is 0 Å². The van der Waals surface area contributed by atoms with Gasteiger partial charge in [0.1, 0.15) is 24.6 Å². The number of methoxy groups -OCH3 is 2. The van der Waals surface area contributed by atoms with Gasteiger partial charge >= 0.3 is 0 Å². The third kappa shape index (κ3) is 11.5. The van der Waals surface area contributed by atoms with E-state index in [1.807, 2.05) is 25.9 Å². The van der Waals surface area contributed by atoms with Crippen LogP contribution in [0.2, 0.25) is 0 Å². The van der Waals surface area contributed by atoms with Crippen molar-refractivity contribution in [3.63, 3.8) is 0 Å². The minimum Gasteiger partial charge on any atom is -0.391 e. The van der Waals surface area contributed by atoms with Crippen molar-refractivity contribution in [2.45, 2.75) is 186 Å². The van der Waals surface area contributed by atoms with Crippen molar-refractivity contribution in [3.05, 3.63) is 34.6 Å². The van der Waals surface area contributed by atoms with Crippen molar-refractivity contribution in [1.29, 1.82) is 0 Å². The molecule has 19 heteroatoms. The predicted molar refractivity (Wildman–Crippen MR) is 228 cm³/mol. The van der Waals surface area contributed by atoms with Crippen LogP contribution in [0.3, 0.4) is 0 Å². The number of hydrogen-bond donors (Lipinski definition) is 4. The molecule has 1 saturated carbocycles. The summed E-state index contributed by atoms with van der Waals surface area (Å²) in [5, 5.41) is 51.2. The number of Topliss-reactive ketones (excluding diaryl/α,β-unsaturated/α-hetero) is 1. The highest BCUT2D eigenvalue weighted by Gasteiger charge is 2.53. The van der Waals surface area contributed by atoms with Gasteiger partial charge in [-0.25, -0.2) is 22.0 Å². The molecule has 4 N–H and O–H groups in total. The van der Waals surface area contributed by atoms with Crippen LogP contribution < -0.4 is 0 Å². The van der Waals surface area contributed by atoms with Crippen LogP contribution in [0.1, 0.15) is 107 Å². The van der Waals surface area contributed by atoms with E-state index in [9.17, 15) is 47.2 Å². The van der Waals surface area contributed by atoms with E-state index in [-0.39, 0.29) is 49.3 Å². The van der Waals surface area contributed by atoms with Crippen molar-refractivity contribution in [3.8, 4) is 0 Å². The van der Waals surface area contributed by atoms with Gasteiger partial charge in [0.05, 0.1) is 58.6 Å². The number of benzene rings is 1. The fourth-order valence-corrected chi connectivity index (χ4v) is 10.1. The number of nitrogens with zero attached hydrogens (tertiary/aromatic N) is 2. The van der Waals surface area contributed by atoms with E-state index < -0.39 is 137 Å². The molecule has 3 aliphatic rings. The van der Waals surface area contributed by atoms with Crippen LogP contribution in [-0.4, -0.2) is 143 Å². The summed E-state index contributed by atoms with van der Waals surface area (Å²) in [6.07, 6.45) is -8.86. The van der Waals surface area contributed by atoms with Crippen molar-refractivity contribution < 1.29 is 80.4 Å². The van der Waals surface area contributed by atoms with E-state index in [1.165, 1.54) is 28.1 Å². The molecule has 18 atom stereocenters. The maximum Gasteiger partial charge on any atom is 0.200 e. The molecule has 1 aromatic rings. The molecule has 2 saturated heterocycles. The summed E-state index contributed by atoms with van der Waals surface area (Å²) < 4.78 is 110. The highest BCUT2D eigenvalue weighted by Crippen LogP contribution is 2.43. The Balaban J connectivity index is 1.93. The molecule has 0 aromatic heterocycles. The van der Waals surface area contributed by atoms with Gasteiger partial charge in [0.2, 0.25) is 5.82 Å². The Kier molecular flexibility index (Phi) is 18.6. The standard InChI is InChI=1S/C46H73F5N2O12/c1-15-27-17-30(54)23(4)39(64-31-19-44(8,59-13)41(57)26(7)63-31)25(6)42(65-43-38(55)29(53(11)12)16-22(3)62-43)45(9,60-14)18-21(2)37(24(5)40(56)46(27,10)58)52-61-20-28-32(47)34(49)36(51)35(50)33(28)48/h21-27,29,31,38-43,55-58H,15-20H2,1-14H3/b52-37+/t21-,22-,23+,24+,25+,26+,27+,29+,31+,38-,39-,40-,41+,42-,43+,44-,45-,46-/m1/s1. The average Bonchev–Trinajstić information content (AvgIpc) is 3.25. The summed E-state index contributed by atoms with van der Waals surface area (Å²) in [6, 6.07) is -0.386. The van der Waals surface area contributed by atoms with Crippen molar-refractivity contribution >= 4 is 11.5 Å². The maximum absolute atomic E-state index is 14.8. The van der Waals surface area contributed by atoms with Crippen LogP contribution in [0.4, 0.5) is 22.0 Å². The largest absolute Gasteiger partial charge is 0.391 e. The summed E-state index contributed by atoms with van der Waals surface area (Å²) >= 11 is 0. The molecular weight excluding hydrogens is 867 g/mol. The molecule has 0 radical (unpaired) electrons. The second-order valence-corrected chi connectivity index (χ2v) is 19.5. The van der Waals surface area contributed by atoms with Crippen molar-refractivity contribution in [1.82, 2.24) is 4.90 Å². The molecule has 0 unspecified atom stereocenters. The zero-order chi connectivity index (χ0) is 49.3. The second kappa shape index (κ2) is 21.9. The van der Waals surface area contributed by atoms with Gasteiger partial charge in [-0.15, -0.1) is 0 Å². The summed E-state index contributed by atoms with van der Waals surface area (Å²) in [6.45, 7) is 15.6. The number of aliphatic hydroxyl groups excluding tert-OH is 3. The van der Waals surface area contributed by atoms with Crippen molar-refractivity contribution in [2.24, 2.45) is 34.7 Å². The Labute approximate surface area is 380 Å². The van der Waals surface area contributed by atoms with E-state index >= 15 is 0 Å². The predicted octanol–water partition coefficient (Wildman–Crippen LogP) is 5.80. The fraction of sp³-hybridized carbons (Fsp3) is 0.826. The molecule has 0 amide bonds. The molecular formula is C46H73F5N2O12. The molecule has 374 valence electrons. The molecule has 0 spiro atoms. The third-order valence-corrected chi connectivity index (χ3v) is 14.6. The minimum atomic E-state index is -2.34. The number of ketones is 1. The van der Waals surface area contributed by atoms with E-state index in [1.54, 1.807) is 48.5 Å². The van der Waals surface area contributed by atoms with Gasteiger partial charge in [0.25, 0.3) is 0 Å². The number of carbonyl (C=O) groups is 1. The van der Waals surface area contributed by atoms with Gasteiger partial charge < -0.3 is 58.6 Å². The SMILES string of the molecule is CC[C@H]1CC(=O)[C@H](C)[C@@H](O[C@H]2C[C@@](C)(OC)[C@@H](O)[C@H](C)O2)[C@H](C)[C@@H](O[C@@H]2O[C@H](C)C[C@H](N(C)C)[C@H]2O)[C@](C)(OC)C[C@@H](C)/C(=N\OCc2c(F)c(F)c(F)c(F)c2F)[C@H](C)[C@@H](O)[C@]1(C)O. The fourth-order valence-electron chi connectivity index (χ4n) is 10.1. The highest BCUT2D eigenvalue weighted by molar-refractivity contribution is 5.89. The van der Waals surface area contributed by atoms with Crippen LogP contribution >= 0.6 is 0 Å². The molecule has 2 heterocycles. The Hall–Kier alpha value is -2.43. The Bertz CT molecular complexity index is 1780. The van der Waals surface area contributed by atoms with Crippen LogP contribution in [0.15, 0.2) is 5.16 Å². The smallest absolute Gasteiger partial charge is 0.200 e. The Morgan fingerprint density at radius 2 is 1.37 bits per heavy atom. The van der Waals surface area contributed by atoms with Crippen LogP contribution in [0.5, 0.6) is 0 Å². The summed E-state index contributed by atoms with van der Waals surface area (Å²) in [5.74, 6) is -15.7. The first-order valence-electron chi connectivity index (χ1n) is 22.5. The van der Waals surface area contributed by atoms with E-state index in [0.717, 1.165) is 0 Å². The van der Waals surface area contributed by atoms with E-state index in [0.29, 0.717) is 6.42 Å². The maximum atomic E-state index is 14.8. The molecule has 0 bridgehead atoms. The van der Waals surface area contributed by atoms with Gasteiger partial charge in [0.15, 0.2) is 35.8 Å². The molecule has 4 rings (SSSR count). The van der Waals surface area contributed by atoms with Gasteiger partial charge in [-0.2, -0.15) is 0 Å². The monoisotopic (exact) mass is 941 g/mol. The molecule has 1 aliphatic carbocycles. The lowest BCUT2D eigenvalue weighted by molar-refractivity contribution is -0.318. The lowest BCUT2D eigenvalue weighted by Crippen LogP contribution is -2.61. The van der Waals surface area contributed by atoms with Crippen LogP contribution in [0, 0.1) is 58.7 Å². The molecule has 2 aliphatic heterocycles. The second-order valence-electron chi connectivity index (χ2n) is 19.5. The number of ether oxygens (including phenoxy) is 6. The van der Waals surface area contributed by atoms with Gasteiger partial charge in [-0.05, 0) is 67.5 Å². The molecule has 65 heavy (non-hydrogen) atoms. The van der Waals surface area contributed by atoms with Crippen LogP contribution in [-0.2, 0) is 44.7 Å². The summed E-state index contributed by atoms with van der Waals surface area (Å²) in [5.41, 5.74) is -5.78. The molecule has 14 nitrogen and oxygen atoms in total. The first kappa shape index (κ1) is 55.2. The van der Waals surface area contributed by atoms with Gasteiger partial charge in [-0.1, -0.05) is 46.2 Å². The number of oxime groups is 1. The van der Waals surface area contributed by atoms with E-state index in [4.69, 9.17) is 33.3 Å².